The van der Waals surface area contributed by atoms with Gasteiger partial charge in [0.15, 0.2) is 0 Å². The number of amides is 2. The summed E-state index contributed by atoms with van der Waals surface area (Å²) in [5.74, 6) is -2.22. The van der Waals surface area contributed by atoms with E-state index in [1.165, 1.54) is 6.92 Å². The second kappa shape index (κ2) is 5.79. The van der Waals surface area contributed by atoms with Crippen LogP contribution in [-0.2, 0) is 11.2 Å². The van der Waals surface area contributed by atoms with Crippen molar-refractivity contribution < 1.29 is 18.4 Å². The Labute approximate surface area is 131 Å². The first kappa shape index (κ1) is 15.1. The summed E-state index contributed by atoms with van der Waals surface area (Å²) in [5.41, 5.74) is 1.86. The third-order valence-corrected chi connectivity index (χ3v) is 3.79. The second-order valence-corrected chi connectivity index (χ2v) is 5.34. The first-order chi connectivity index (χ1) is 11.0. The van der Waals surface area contributed by atoms with Gasteiger partial charge >= 0.3 is 0 Å². The van der Waals surface area contributed by atoms with Crippen LogP contribution in [-0.4, -0.2) is 18.4 Å². The van der Waals surface area contributed by atoms with E-state index in [4.69, 9.17) is 0 Å². The molecule has 3 rings (SSSR count). The van der Waals surface area contributed by atoms with E-state index < -0.39 is 17.5 Å². The van der Waals surface area contributed by atoms with Crippen LogP contribution in [0, 0.1) is 11.6 Å². The van der Waals surface area contributed by atoms with Gasteiger partial charge in [0.1, 0.15) is 11.6 Å². The number of anilines is 2. The van der Waals surface area contributed by atoms with E-state index in [0.717, 1.165) is 29.4 Å². The quantitative estimate of drug-likeness (QED) is 0.925. The topological polar surface area (TPSA) is 49.4 Å². The molecule has 2 amide bonds. The molecule has 1 heterocycles. The van der Waals surface area contributed by atoms with Crippen molar-refractivity contribution in [1.29, 1.82) is 0 Å². The van der Waals surface area contributed by atoms with Crippen molar-refractivity contribution in [3.05, 3.63) is 59.2 Å². The van der Waals surface area contributed by atoms with E-state index in [9.17, 15) is 18.4 Å². The highest BCUT2D eigenvalue weighted by molar-refractivity contribution is 6.04. The summed E-state index contributed by atoms with van der Waals surface area (Å²) < 4.78 is 26.8. The molecular formula is C17H14F2N2O2. The maximum absolute atomic E-state index is 13.6. The lowest BCUT2D eigenvalue weighted by Gasteiger charge is -2.15. The van der Waals surface area contributed by atoms with Crippen molar-refractivity contribution in [1.82, 2.24) is 0 Å². The predicted molar refractivity (Wildman–Crippen MR) is 82.5 cm³/mol. The van der Waals surface area contributed by atoms with Crippen LogP contribution in [0.15, 0.2) is 36.4 Å². The zero-order valence-corrected chi connectivity index (χ0v) is 12.4. The molecule has 0 saturated carbocycles. The first-order valence-corrected chi connectivity index (χ1v) is 7.13. The van der Waals surface area contributed by atoms with E-state index in [0.29, 0.717) is 18.7 Å². The Kier molecular flexibility index (Phi) is 3.82. The first-order valence-electron chi connectivity index (χ1n) is 7.13. The number of benzene rings is 2. The van der Waals surface area contributed by atoms with Gasteiger partial charge in [-0.1, -0.05) is 0 Å². The average Bonchev–Trinajstić information content (AvgIpc) is 2.93. The molecule has 1 aliphatic heterocycles. The molecule has 0 bridgehead atoms. The molecule has 0 radical (unpaired) electrons. The molecule has 0 aromatic heterocycles. The van der Waals surface area contributed by atoms with Gasteiger partial charge in [0, 0.05) is 24.8 Å². The summed E-state index contributed by atoms with van der Waals surface area (Å²) >= 11 is 0. The molecule has 2 aromatic rings. The highest BCUT2D eigenvalue weighted by atomic mass is 19.1. The SMILES string of the molecule is CC(=O)N1CCc2cc(NC(=O)c3cc(F)ccc3F)ccc21. The van der Waals surface area contributed by atoms with Crippen LogP contribution in [0.1, 0.15) is 22.8 Å². The van der Waals surface area contributed by atoms with Gasteiger partial charge in [-0.2, -0.15) is 0 Å². The minimum absolute atomic E-state index is 0.0395. The number of nitrogens with one attached hydrogen (secondary N) is 1. The Morgan fingerprint density at radius 3 is 2.65 bits per heavy atom. The zero-order chi connectivity index (χ0) is 16.6. The number of nitrogens with zero attached hydrogens (tertiary/aromatic N) is 1. The van der Waals surface area contributed by atoms with E-state index in [-0.39, 0.29) is 11.5 Å². The molecular weight excluding hydrogens is 302 g/mol. The summed E-state index contributed by atoms with van der Waals surface area (Å²) in [4.78, 5) is 25.2. The summed E-state index contributed by atoms with van der Waals surface area (Å²) in [6, 6.07) is 7.84. The molecule has 118 valence electrons. The van der Waals surface area contributed by atoms with Crippen molar-refractivity contribution >= 4 is 23.2 Å². The van der Waals surface area contributed by atoms with E-state index in [1.54, 1.807) is 23.1 Å². The highest BCUT2D eigenvalue weighted by Crippen LogP contribution is 2.30. The minimum atomic E-state index is -0.784. The number of carbonyl (C=O) groups excluding carboxylic acids is 2. The monoisotopic (exact) mass is 316 g/mol. The number of halogens is 2. The van der Waals surface area contributed by atoms with Gasteiger partial charge in [-0.3, -0.25) is 9.59 Å². The normalized spacial score (nSPS) is 12.9. The number of rotatable bonds is 2. The molecule has 0 aliphatic carbocycles. The highest BCUT2D eigenvalue weighted by Gasteiger charge is 2.22. The van der Waals surface area contributed by atoms with Crippen LogP contribution in [0.25, 0.3) is 0 Å². The van der Waals surface area contributed by atoms with Gasteiger partial charge in [0.05, 0.1) is 5.56 Å². The predicted octanol–water partition coefficient (Wildman–Crippen LogP) is 3.13. The van der Waals surface area contributed by atoms with Crippen molar-refractivity contribution in [2.45, 2.75) is 13.3 Å². The summed E-state index contributed by atoms with van der Waals surface area (Å²) in [7, 11) is 0. The molecule has 6 heteroatoms. The summed E-state index contributed by atoms with van der Waals surface area (Å²) in [6.07, 6.45) is 0.687. The number of hydrogen-bond acceptors (Lipinski definition) is 2. The Morgan fingerprint density at radius 1 is 1.13 bits per heavy atom. The van der Waals surface area contributed by atoms with E-state index in [2.05, 4.69) is 5.32 Å². The summed E-state index contributed by atoms with van der Waals surface area (Å²) in [5, 5.41) is 2.55. The van der Waals surface area contributed by atoms with Crippen molar-refractivity contribution in [2.24, 2.45) is 0 Å². The van der Waals surface area contributed by atoms with Crippen LogP contribution in [0.3, 0.4) is 0 Å². The third-order valence-electron chi connectivity index (χ3n) is 3.79. The fourth-order valence-electron chi connectivity index (χ4n) is 2.68. The molecule has 2 aromatic carbocycles. The molecule has 1 aliphatic rings. The lowest BCUT2D eigenvalue weighted by Crippen LogP contribution is -2.25. The third kappa shape index (κ3) is 2.92. The lowest BCUT2D eigenvalue weighted by molar-refractivity contribution is -0.116. The standard InChI is InChI=1S/C17H14F2N2O2/c1-10(22)21-7-6-11-8-13(3-5-16(11)21)20-17(23)14-9-12(18)2-4-15(14)19/h2-5,8-9H,6-7H2,1H3,(H,20,23). The fourth-order valence-corrected chi connectivity index (χ4v) is 2.68. The Morgan fingerprint density at radius 2 is 1.91 bits per heavy atom. The Hall–Kier alpha value is -2.76. The maximum atomic E-state index is 13.6. The van der Waals surface area contributed by atoms with E-state index >= 15 is 0 Å². The number of fused-ring (bicyclic) bond motifs is 1. The van der Waals surface area contributed by atoms with Gasteiger partial charge in [0.25, 0.3) is 5.91 Å². The smallest absolute Gasteiger partial charge is 0.258 e. The van der Waals surface area contributed by atoms with E-state index in [1.807, 2.05) is 0 Å². The van der Waals surface area contributed by atoms with Crippen molar-refractivity contribution in [3.63, 3.8) is 0 Å². The molecule has 1 N–H and O–H groups in total. The van der Waals surface area contributed by atoms with Crippen molar-refractivity contribution in [3.8, 4) is 0 Å². The van der Waals surface area contributed by atoms with Crippen LogP contribution in [0.4, 0.5) is 20.2 Å². The lowest BCUT2D eigenvalue weighted by atomic mass is 10.1. The molecule has 23 heavy (non-hydrogen) atoms. The number of hydrogen-bond donors (Lipinski definition) is 1. The van der Waals surface area contributed by atoms with Crippen LogP contribution in [0.2, 0.25) is 0 Å². The van der Waals surface area contributed by atoms with Crippen LogP contribution >= 0.6 is 0 Å². The molecule has 4 nitrogen and oxygen atoms in total. The zero-order valence-electron chi connectivity index (χ0n) is 12.4. The number of carbonyl (C=O) groups is 2. The maximum Gasteiger partial charge on any atom is 0.258 e. The van der Waals surface area contributed by atoms with Gasteiger partial charge < -0.3 is 10.2 Å². The van der Waals surface area contributed by atoms with Crippen LogP contribution in [0.5, 0.6) is 0 Å². The molecule has 0 fully saturated rings. The average molecular weight is 316 g/mol. The molecule has 0 atom stereocenters. The van der Waals surface area contributed by atoms with Gasteiger partial charge in [-0.15, -0.1) is 0 Å². The van der Waals surface area contributed by atoms with Gasteiger partial charge in [0.2, 0.25) is 5.91 Å². The molecule has 0 saturated heterocycles. The largest absolute Gasteiger partial charge is 0.322 e. The Balaban J connectivity index is 1.83. The molecule has 0 unspecified atom stereocenters. The minimum Gasteiger partial charge on any atom is -0.322 e. The Bertz CT molecular complexity index is 805. The van der Waals surface area contributed by atoms with Crippen molar-refractivity contribution in [2.75, 3.05) is 16.8 Å². The second-order valence-electron chi connectivity index (χ2n) is 5.34. The van der Waals surface area contributed by atoms with Crippen LogP contribution < -0.4 is 10.2 Å². The summed E-state index contributed by atoms with van der Waals surface area (Å²) in [6.45, 7) is 2.10. The van der Waals surface area contributed by atoms with Gasteiger partial charge in [-0.25, -0.2) is 8.78 Å². The van der Waals surface area contributed by atoms with Gasteiger partial charge in [-0.05, 0) is 48.4 Å². The molecule has 0 spiro atoms. The fraction of sp³-hybridized carbons (Fsp3) is 0.176.